The molecule has 0 spiro atoms. The van der Waals surface area contributed by atoms with Gasteiger partial charge < -0.3 is 28.4 Å². The van der Waals surface area contributed by atoms with Crippen LogP contribution in [-0.2, 0) is 38.1 Å². The van der Waals surface area contributed by atoms with E-state index in [0.29, 0.717) is 75.0 Å². The fourth-order valence-electron chi connectivity index (χ4n) is 10.6. The SMILES string of the molecule is C=CC(=O)OCCCCOC(=O)c1cc(OC(=O)C2CCC(C3CCC(CC)CC3)CC2)c(C(=O)OCCCCOC(=O)C=C)cc1OC(=O)C1CCC(C2CCC(CC)CC2)CC1. The van der Waals surface area contributed by atoms with E-state index in [1.807, 2.05) is 0 Å². The first-order valence-electron chi connectivity index (χ1n) is 24.6. The Bertz CT molecular complexity index is 1590. The van der Waals surface area contributed by atoms with Crippen molar-refractivity contribution in [2.24, 2.45) is 47.3 Å². The highest BCUT2D eigenvalue weighted by Crippen LogP contribution is 2.44. The van der Waals surface area contributed by atoms with Gasteiger partial charge in [-0.25, -0.2) is 19.2 Å². The minimum absolute atomic E-state index is 0.0353. The summed E-state index contributed by atoms with van der Waals surface area (Å²) in [5.74, 6) is -0.737. The van der Waals surface area contributed by atoms with E-state index >= 15 is 0 Å². The third-order valence-electron chi connectivity index (χ3n) is 14.8. The van der Waals surface area contributed by atoms with Crippen LogP contribution < -0.4 is 9.47 Å². The van der Waals surface area contributed by atoms with Gasteiger partial charge in [-0.2, -0.15) is 0 Å². The number of ether oxygens (including phenoxy) is 6. The van der Waals surface area contributed by atoms with Gasteiger partial charge in [0.05, 0.1) is 38.3 Å². The van der Waals surface area contributed by atoms with Gasteiger partial charge in [-0.05, 0) is 138 Å². The topological polar surface area (TPSA) is 158 Å². The van der Waals surface area contributed by atoms with Gasteiger partial charge in [0.25, 0.3) is 0 Å². The summed E-state index contributed by atoms with van der Waals surface area (Å²) in [5, 5.41) is 0. The lowest BCUT2D eigenvalue weighted by Gasteiger charge is -2.37. The maximum atomic E-state index is 13.9. The first kappa shape index (κ1) is 50.5. The smallest absolute Gasteiger partial charge is 0.342 e. The molecule has 0 N–H and O–H groups in total. The van der Waals surface area contributed by atoms with E-state index in [0.717, 1.165) is 49.7 Å². The maximum absolute atomic E-state index is 13.9. The van der Waals surface area contributed by atoms with Crippen molar-refractivity contribution < 1.29 is 57.2 Å². The Morgan fingerprint density at radius 3 is 1.06 bits per heavy atom. The number of carbonyl (C=O) groups excluding carboxylic acids is 6. The lowest BCUT2D eigenvalue weighted by Crippen LogP contribution is -2.31. The quantitative estimate of drug-likeness (QED) is 0.0357. The largest absolute Gasteiger partial charge is 0.463 e. The molecule has 12 heteroatoms. The molecule has 0 radical (unpaired) electrons. The van der Waals surface area contributed by atoms with Crippen molar-refractivity contribution >= 4 is 35.8 Å². The molecule has 4 aliphatic rings. The summed E-state index contributed by atoms with van der Waals surface area (Å²) in [6, 6.07) is 2.50. The molecule has 0 heterocycles. The van der Waals surface area contributed by atoms with Crippen LogP contribution in [0.2, 0.25) is 0 Å². The minimum atomic E-state index is -0.832. The summed E-state index contributed by atoms with van der Waals surface area (Å²) in [5.41, 5.74) is -0.329. The zero-order chi connectivity index (χ0) is 45.8. The van der Waals surface area contributed by atoms with Crippen LogP contribution in [0.15, 0.2) is 37.4 Å². The number of esters is 6. The van der Waals surface area contributed by atoms with Crippen molar-refractivity contribution in [3.05, 3.63) is 48.6 Å². The van der Waals surface area contributed by atoms with Gasteiger partial charge in [0.15, 0.2) is 0 Å². The summed E-state index contributed by atoms with van der Waals surface area (Å²) >= 11 is 0. The average molecular weight is 891 g/mol. The van der Waals surface area contributed by atoms with Crippen LogP contribution in [0.25, 0.3) is 0 Å². The Hall–Kier alpha value is -4.48. The fourth-order valence-corrected chi connectivity index (χ4v) is 10.6. The highest BCUT2D eigenvalue weighted by Gasteiger charge is 2.37. The third-order valence-corrected chi connectivity index (χ3v) is 14.8. The van der Waals surface area contributed by atoms with Crippen LogP contribution in [0.4, 0.5) is 0 Å². The molecule has 0 unspecified atom stereocenters. The van der Waals surface area contributed by atoms with E-state index in [1.165, 1.54) is 76.3 Å². The molecule has 354 valence electrons. The van der Waals surface area contributed by atoms with E-state index in [-0.39, 0.29) is 60.9 Å². The molecule has 1 aromatic rings. The Kier molecular flexibility index (Phi) is 20.9. The van der Waals surface area contributed by atoms with Crippen molar-refractivity contribution in [2.45, 2.75) is 155 Å². The van der Waals surface area contributed by atoms with Crippen molar-refractivity contribution in [2.75, 3.05) is 26.4 Å². The maximum Gasteiger partial charge on any atom is 0.342 e. The first-order valence-corrected chi connectivity index (χ1v) is 24.6. The molecule has 5 rings (SSSR count). The normalized spacial score (nSPS) is 25.8. The molecule has 4 aliphatic carbocycles. The molecule has 4 fully saturated rings. The molecule has 0 saturated heterocycles. The molecule has 0 bridgehead atoms. The standard InChI is InChI=1S/C52H74O12/c1-5-35-13-17-37(18-14-35)39-21-25-41(26-22-39)49(55)63-45-33-44(52(58)62-32-12-10-30-60-48(54)8-4)46(34-43(45)51(57)61-31-11-9-29-59-47(53)7-3)64-50(56)42-27-23-40(24-28-42)38-19-15-36(6-2)16-20-38/h7-8,33-42H,3-6,9-32H2,1-2H3. The van der Waals surface area contributed by atoms with Crippen LogP contribution in [-0.4, -0.2) is 62.2 Å². The van der Waals surface area contributed by atoms with Crippen molar-refractivity contribution in [3.63, 3.8) is 0 Å². The predicted octanol–water partition coefficient (Wildman–Crippen LogP) is 10.9. The molecule has 0 amide bonds. The summed E-state index contributed by atoms with van der Waals surface area (Å²) < 4.78 is 33.4. The van der Waals surface area contributed by atoms with Crippen LogP contribution in [0.3, 0.4) is 0 Å². The minimum Gasteiger partial charge on any atom is -0.463 e. The van der Waals surface area contributed by atoms with Gasteiger partial charge in [0, 0.05) is 24.3 Å². The molecule has 0 atom stereocenters. The molecule has 4 saturated carbocycles. The number of hydrogen-bond donors (Lipinski definition) is 0. The van der Waals surface area contributed by atoms with Crippen molar-refractivity contribution in [3.8, 4) is 11.5 Å². The second-order valence-corrected chi connectivity index (χ2v) is 18.7. The molecule has 64 heavy (non-hydrogen) atoms. The highest BCUT2D eigenvalue weighted by atomic mass is 16.6. The zero-order valence-electron chi connectivity index (χ0n) is 38.6. The summed E-state index contributed by atoms with van der Waals surface area (Å²) in [4.78, 5) is 78.4. The van der Waals surface area contributed by atoms with Crippen LogP contribution in [0.1, 0.15) is 176 Å². The second-order valence-electron chi connectivity index (χ2n) is 18.7. The van der Waals surface area contributed by atoms with Gasteiger partial charge in [-0.1, -0.05) is 65.5 Å². The number of hydrogen-bond acceptors (Lipinski definition) is 12. The van der Waals surface area contributed by atoms with Gasteiger partial charge in [-0.3, -0.25) is 9.59 Å². The Morgan fingerprint density at radius 2 is 0.766 bits per heavy atom. The lowest BCUT2D eigenvalue weighted by atomic mass is 9.69. The number of benzene rings is 1. The van der Waals surface area contributed by atoms with Crippen LogP contribution >= 0.6 is 0 Å². The van der Waals surface area contributed by atoms with Crippen molar-refractivity contribution in [1.82, 2.24) is 0 Å². The third kappa shape index (κ3) is 15.3. The fraction of sp³-hybridized carbons (Fsp3) is 0.692. The first-order chi connectivity index (χ1) is 31.0. The summed E-state index contributed by atoms with van der Waals surface area (Å²) in [7, 11) is 0. The Labute approximate surface area is 380 Å². The number of rotatable bonds is 22. The summed E-state index contributed by atoms with van der Waals surface area (Å²) in [6.45, 7) is 11.5. The van der Waals surface area contributed by atoms with E-state index in [1.54, 1.807) is 0 Å². The molecular weight excluding hydrogens is 817 g/mol. The highest BCUT2D eigenvalue weighted by molar-refractivity contribution is 6.00. The monoisotopic (exact) mass is 891 g/mol. The number of carbonyl (C=O) groups is 6. The van der Waals surface area contributed by atoms with Gasteiger partial charge in [0.2, 0.25) is 0 Å². The Morgan fingerprint density at radius 1 is 0.469 bits per heavy atom. The van der Waals surface area contributed by atoms with Gasteiger partial charge in [-0.15, -0.1) is 0 Å². The van der Waals surface area contributed by atoms with E-state index in [9.17, 15) is 28.8 Å². The predicted molar refractivity (Wildman–Crippen MR) is 241 cm³/mol. The van der Waals surface area contributed by atoms with E-state index in [2.05, 4.69) is 27.0 Å². The molecule has 1 aromatic carbocycles. The number of unbranched alkanes of at least 4 members (excludes halogenated alkanes) is 2. The zero-order valence-corrected chi connectivity index (χ0v) is 38.6. The molecular formula is C52H74O12. The molecule has 0 aliphatic heterocycles. The van der Waals surface area contributed by atoms with Crippen LogP contribution in [0.5, 0.6) is 11.5 Å². The van der Waals surface area contributed by atoms with E-state index in [4.69, 9.17) is 28.4 Å². The second kappa shape index (κ2) is 26.5. The van der Waals surface area contributed by atoms with Crippen molar-refractivity contribution in [1.29, 1.82) is 0 Å². The van der Waals surface area contributed by atoms with Gasteiger partial charge >= 0.3 is 35.8 Å². The van der Waals surface area contributed by atoms with Gasteiger partial charge in [0.1, 0.15) is 22.6 Å². The lowest BCUT2D eigenvalue weighted by molar-refractivity contribution is -0.141. The summed E-state index contributed by atoms with van der Waals surface area (Å²) in [6.07, 6.45) is 22.6. The van der Waals surface area contributed by atoms with E-state index < -0.39 is 35.8 Å². The molecule has 0 aromatic heterocycles. The average Bonchev–Trinajstić information content (AvgIpc) is 3.33. The molecule has 12 nitrogen and oxygen atoms in total. The van der Waals surface area contributed by atoms with Crippen LogP contribution in [0, 0.1) is 47.3 Å². The Balaban J connectivity index is 1.32.